The third-order valence-corrected chi connectivity index (χ3v) is 3.76. The SMILES string of the molecule is CCC=C(NNC(=O)C[NH+]1CCOCC1)c1ccc(OC)cc1. The lowest BCUT2D eigenvalue weighted by molar-refractivity contribution is -0.900. The van der Waals surface area contributed by atoms with Crippen molar-refractivity contribution in [2.45, 2.75) is 13.3 Å². The summed E-state index contributed by atoms with van der Waals surface area (Å²) < 4.78 is 10.5. The molecule has 0 spiro atoms. The average Bonchev–Trinajstić information content (AvgIpc) is 2.59. The summed E-state index contributed by atoms with van der Waals surface area (Å²) in [6.45, 7) is 5.72. The van der Waals surface area contributed by atoms with Crippen molar-refractivity contribution in [1.82, 2.24) is 10.9 Å². The zero-order valence-corrected chi connectivity index (χ0v) is 13.9. The number of ether oxygens (including phenoxy) is 2. The maximum atomic E-state index is 12.1. The maximum absolute atomic E-state index is 12.1. The molecule has 1 aliphatic heterocycles. The number of rotatable bonds is 7. The molecule has 0 saturated carbocycles. The van der Waals surface area contributed by atoms with Gasteiger partial charge in [-0.15, -0.1) is 0 Å². The molecule has 6 heteroatoms. The second-order valence-electron chi connectivity index (χ2n) is 5.47. The van der Waals surface area contributed by atoms with Crippen LogP contribution in [-0.2, 0) is 9.53 Å². The van der Waals surface area contributed by atoms with E-state index >= 15 is 0 Å². The minimum atomic E-state index is -0.0163. The van der Waals surface area contributed by atoms with Gasteiger partial charge in [0.05, 0.1) is 26.0 Å². The Hall–Kier alpha value is -2.05. The number of nitrogens with one attached hydrogen (secondary N) is 3. The van der Waals surface area contributed by atoms with E-state index in [1.807, 2.05) is 30.3 Å². The topological polar surface area (TPSA) is 64.0 Å². The molecule has 1 heterocycles. The number of methoxy groups -OCH3 is 1. The van der Waals surface area contributed by atoms with Crippen LogP contribution in [-0.4, -0.2) is 45.9 Å². The first-order valence-electron chi connectivity index (χ1n) is 8.03. The first-order chi connectivity index (χ1) is 11.2. The number of hydrazine groups is 1. The van der Waals surface area contributed by atoms with Crippen LogP contribution in [0.4, 0.5) is 0 Å². The minimum absolute atomic E-state index is 0.0163. The Balaban J connectivity index is 1.88. The van der Waals surface area contributed by atoms with Gasteiger partial charge in [-0.3, -0.25) is 15.6 Å². The molecule has 3 N–H and O–H groups in total. The van der Waals surface area contributed by atoms with Crippen molar-refractivity contribution < 1.29 is 19.2 Å². The molecule has 1 aromatic carbocycles. The Morgan fingerprint density at radius 1 is 1.26 bits per heavy atom. The van der Waals surface area contributed by atoms with Crippen LogP contribution in [0.15, 0.2) is 30.3 Å². The number of carbonyl (C=O) groups excluding carboxylic acids is 1. The summed E-state index contributed by atoms with van der Waals surface area (Å²) in [5.41, 5.74) is 7.73. The summed E-state index contributed by atoms with van der Waals surface area (Å²) >= 11 is 0. The molecule has 1 fully saturated rings. The summed E-state index contributed by atoms with van der Waals surface area (Å²) in [5, 5.41) is 0. The smallest absolute Gasteiger partial charge is 0.293 e. The van der Waals surface area contributed by atoms with E-state index in [1.54, 1.807) is 7.11 Å². The molecule has 1 aromatic rings. The molecule has 23 heavy (non-hydrogen) atoms. The molecule has 0 aliphatic carbocycles. The first kappa shape index (κ1) is 17.3. The van der Waals surface area contributed by atoms with Crippen LogP contribution in [0.3, 0.4) is 0 Å². The molecular weight excluding hydrogens is 294 g/mol. The molecule has 1 aliphatic rings. The summed E-state index contributed by atoms with van der Waals surface area (Å²) in [4.78, 5) is 13.3. The Labute approximate surface area is 137 Å². The van der Waals surface area contributed by atoms with E-state index in [4.69, 9.17) is 9.47 Å². The van der Waals surface area contributed by atoms with E-state index in [-0.39, 0.29) is 5.91 Å². The molecule has 1 saturated heterocycles. The molecule has 0 radical (unpaired) electrons. The predicted octanol–water partition coefficient (Wildman–Crippen LogP) is -0.0180. The van der Waals surface area contributed by atoms with Crippen LogP contribution < -0.4 is 20.5 Å². The van der Waals surface area contributed by atoms with Crippen molar-refractivity contribution in [3.05, 3.63) is 35.9 Å². The fraction of sp³-hybridized carbons (Fsp3) is 0.471. The van der Waals surface area contributed by atoms with Gasteiger partial charge in [-0.25, -0.2) is 0 Å². The zero-order chi connectivity index (χ0) is 16.5. The van der Waals surface area contributed by atoms with Gasteiger partial charge in [-0.05, 0) is 36.2 Å². The number of hydrogen-bond donors (Lipinski definition) is 3. The Kier molecular flexibility index (Phi) is 6.90. The normalized spacial score (nSPS) is 16.0. The Morgan fingerprint density at radius 3 is 2.57 bits per heavy atom. The van der Waals surface area contributed by atoms with Gasteiger partial charge in [0.2, 0.25) is 0 Å². The van der Waals surface area contributed by atoms with E-state index in [1.165, 1.54) is 4.90 Å². The zero-order valence-electron chi connectivity index (χ0n) is 13.9. The fourth-order valence-corrected chi connectivity index (χ4v) is 2.46. The molecule has 2 rings (SSSR count). The van der Waals surface area contributed by atoms with Crippen molar-refractivity contribution in [1.29, 1.82) is 0 Å². The number of allylic oxidation sites excluding steroid dienone is 1. The molecule has 0 atom stereocenters. The summed E-state index contributed by atoms with van der Waals surface area (Å²) in [5.74, 6) is 0.793. The number of quaternary nitrogens is 1. The van der Waals surface area contributed by atoms with Crippen molar-refractivity contribution in [2.75, 3.05) is 40.0 Å². The van der Waals surface area contributed by atoms with Gasteiger partial charge in [0.1, 0.15) is 18.8 Å². The van der Waals surface area contributed by atoms with E-state index in [9.17, 15) is 4.79 Å². The van der Waals surface area contributed by atoms with Gasteiger partial charge in [-0.2, -0.15) is 0 Å². The van der Waals surface area contributed by atoms with Crippen LogP contribution >= 0.6 is 0 Å². The fourth-order valence-electron chi connectivity index (χ4n) is 2.46. The highest BCUT2D eigenvalue weighted by Gasteiger charge is 2.17. The van der Waals surface area contributed by atoms with Crippen molar-refractivity contribution in [2.24, 2.45) is 0 Å². The van der Waals surface area contributed by atoms with Crippen molar-refractivity contribution in [3.63, 3.8) is 0 Å². The van der Waals surface area contributed by atoms with Gasteiger partial charge in [0.25, 0.3) is 5.91 Å². The molecule has 0 aromatic heterocycles. The number of hydrogen-bond acceptors (Lipinski definition) is 4. The second kappa shape index (κ2) is 9.17. The lowest BCUT2D eigenvalue weighted by atomic mass is 10.1. The highest BCUT2D eigenvalue weighted by atomic mass is 16.5. The average molecular weight is 320 g/mol. The van der Waals surface area contributed by atoms with Crippen molar-refractivity contribution in [3.8, 4) is 5.75 Å². The van der Waals surface area contributed by atoms with E-state index in [0.717, 1.165) is 49.7 Å². The molecule has 126 valence electrons. The molecule has 0 unspecified atom stereocenters. The molecule has 0 bridgehead atoms. The Bertz CT molecular complexity index is 522. The van der Waals surface area contributed by atoms with Crippen LogP contribution in [0.1, 0.15) is 18.9 Å². The number of amides is 1. The molecule has 6 nitrogen and oxygen atoms in total. The monoisotopic (exact) mass is 320 g/mol. The predicted molar refractivity (Wildman–Crippen MR) is 88.9 cm³/mol. The van der Waals surface area contributed by atoms with Gasteiger partial charge in [0, 0.05) is 0 Å². The van der Waals surface area contributed by atoms with Crippen LogP contribution in [0.25, 0.3) is 5.70 Å². The highest BCUT2D eigenvalue weighted by molar-refractivity contribution is 5.78. The first-order valence-corrected chi connectivity index (χ1v) is 8.03. The highest BCUT2D eigenvalue weighted by Crippen LogP contribution is 2.16. The Morgan fingerprint density at radius 2 is 1.96 bits per heavy atom. The van der Waals surface area contributed by atoms with Crippen LogP contribution in [0.2, 0.25) is 0 Å². The largest absolute Gasteiger partial charge is 0.497 e. The standard InChI is InChI=1S/C17H25N3O3/c1-3-4-16(14-5-7-15(22-2)8-6-14)18-19-17(21)13-20-9-11-23-12-10-20/h4-8,18H,3,9-13H2,1-2H3,(H,19,21)/p+1. The van der Waals surface area contributed by atoms with Gasteiger partial charge < -0.3 is 14.4 Å². The van der Waals surface area contributed by atoms with Gasteiger partial charge in [-0.1, -0.05) is 13.0 Å². The van der Waals surface area contributed by atoms with E-state index < -0.39 is 0 Å². The van der Waals surface area contributed by atoms with Gasteiger partial charge in [0.15, 0.2) is 6.54 Å². The van der Waals surface area contributed by atoms with Gasteiger partial charge >= 0.3 is 0 Å². The quantitative estimate of drug-likeness (QED) is 0.618. The van der Waals surface area contributed by atoms with Crippen LogP contribution in [0.5, 0.6) is 5.75 Å². The molecule has 1 amide bonds. The van der Waals surface area contributed by atoms with E-state index in [2.05, 4.69) is 17.8 Å². The summed E-state index contributed by atoms with van der Waals surface area (Å²) in [7, 11) is 1.64. The minimum Gasteiger partial charge on any atom is -0.497 e. The maximum Gasteiger partial charge on any atom is 0.293 e. The third kappa shape index (κ3) is 5.58. The lowest BCUT2D eigenvalue weighted by Gasteiger charge is -2.23. The number of morpholine rings is 1. The number of carbonyl (C=O) groups is 1. The third-order valence-electron chi connectivity index (χ3n) is 3.76. The van der Waals surface area contributed by atoms with Crippen molar-refractivity contribution >= 4 is 11.6 Å². The lowest BCUT2D eigenvalue weighted by Crippen LogP contribution is -3.15. The van der Waals surface area contributed by atoms with E-state index in [0.29, 0.717) is 6.54 Å². The number of benzene rings is 1. The van der Waals surface area contributed by atoms with Crippen LogP contribution in [0, 0.1) is 0 Å². The molecular formula is C17H26N3O3+. The summed E-state index contributed by atoms with van der Waals surface area (Å²) in [6.07, 6.45) is 2.92. The summed E-state index contributed by atoms with van der Waals surface area (Å²) in [6, 6.07) is 7.74. The second-order valence-corrected chi connectivity index (χ2v) is 5.47.